The molecule has 1 atom stereocenters. The van der Waals surface area contributed by atoms with Crippen molar-refractivity contribution in [3.05, 3.63) is 16.8 Å². The van der Waals surface area contributed by atoms with Gasteiger partial charge in [0.25, 0.3) is 0 Å². The molecule has 0 amide bonds. The number of thiophene rings is 1. The van der Waals surface area contributed by atoms with Crippen LogP contribution in [0.4, 0.5) is 5.82 Å². The average molecular weight is 403 g/mol. The summed E-state index contributed by atoms with van der Waals surface area (Å²) in [6.07, 6.45) is 7.54. The standard InChI is InChI=1S/C20H26N4O3S/c25-10-15-9-16-17(11-27-15)28-20-18(16)19(21-12-22-20)23-13-1-3-14(4-2-13)24-5-7-26-8-6-24/h10,12-15H,1-9,11H2,(H,21,22,23)/t13-,14-,15?. The molecule has 4 heterocycles. The van der Waals surface area contributed by atoms with E-state index in [-0.39, 0.29) is 6.10 Å². The summed E-state index contributed by atoms with van der Waals surface area (Å²) in [5.41, 5.74) is 1.19. The summed E-state index contributed by atoms with van der Waals surface area (Å²) in [6.45, 7) is 4.36. The van der Waals surface area contributed by atoms with Crippen molar-refractivity contribution >= 4 is 33.7 Å². The lowest BCUT2D eigenvalue weighted by molar-refractivity contribution is -0.119. The van der Waals surface area contributed by atoms with E-state index >= 15 is 0 Å². The van der Waals surface area contributed by atoms with Crippen LogP contribution in [-0.4, -0.2) is 65.6 Å². The number of nitrogens with zero attached hydrogens (tertiary/aromatic N) is 3. The Hall–Kier alpha value is -1.61. The van der Waals surface area contributed by atoms with E-state index in [0.29, 0.717) is 25.1 Å². The summed E-state index contributed by atoms with van der Waals surface area (Å²) in [5.74, 6) is 0.920. The molecule has 7 nitrogen and oxygen atoms in total. The predicted molar refractivity (Wildman–Crippen MR) is 108 cm³/mol. The molecule has 5 rings (SSSR count). The van der Waals surface area contributed by atoms with Crippen LogP contribution in [0.3, 0.4) is 0 Å². The van der Waals surface area contributed by atoms with Crippen LogP contribution in [0.25, 0.3) is 10.2 Å². The molecular formula is C20H26N4O3S. The maximum absolute atomic E-state index is 11.2. The van der Waals surface area contributed by atoms with Gasteiger partial charge in [-0.2, -0.15) is 0 Å². The van der Waals surface area contributed by atoms with Crippen molar-refractivity contribution in [3.8, 4) is 0 Å². The van der Waals surface area contributed by atoms with Crippen LogP contribution >= 0.6 is 11.3 Å². The molecule has 0 aromatic carbocycles. The summed E-state index contributed by atoms with van der Waals surface area (Å²) in [5, 5.41) is 4.79. The molecule has 8 heteroatoms. The molecule has 1 saturated carbocycles. The van der Waals surface area contributed by atoms with E-state index in [4.69, 9.17) is 9.47 Å². The molecule has 0 bridgehead atoms. The highest BCUT2D eigenvalue weighted by molar-refractivity contribution is 7.18. The van der Waals surface area contributed by atoms with E-state index < -0.39 is 0 Å². The quantitative estimate of drug-likeness (QED) is 0.787. The van der Waals surface area contributed by atoms with Gasteiger partial charge in [-0.25, -0.2) is 9.97 Å². The van der Waals surface area contributed by atoms with Crippen molar-refractivity contribution in [1.29, 1.82) is 0 Å². The zero-order chi connectivity index (χ0) is 18.9. The zero-order valence-corrected chi connectivity index (χ0v) is 16.7. The fourth-order valence-corrected chi connectivity index (χ4v) is 5.82. The summed E-state index contributed by atoms with van der Waals surface area (Å²) in [4.78, 5) is 25.0. The van der Waals surface area contributed by atoms with Gasteiger partial charge in [0.05, 0.1) is 25.2 Å². The molecule has 2 aromatic heterocycles. The number of morpholine rings is 1. The monoisotopic (exact) mass is 402 g/mol. The predicted octanol–water partition coefficient (Wildman–Crippen LogP) is 2.39. The molecular weight excluding hydrogens is 376 g/mol. The molecule has 28 heavy (non-hydrogen) atoms. The van der Waals surface area contributed by atoms with E-state index in [1.165, 1.54) is 23.3 Å². The summed E-state index contributed by atoms with van der Waals surface area (Å²) >= 11 is 1.66. The Balaban J connectivity index is 1.31. The molecule has 150 valence electrons. The SMILES string of the molecule is O=CC1Cc2c(sc3ncnc(N[C@H]4CC[C@H](N5CCOCC5)CC4)c23)CO1. The highest BCUT2D eigenvalue weighted by atomic mass is 32.1. The normalized spacial score (nSPS) is 28.8. The van der Waals surface area contributed by atoms with E-state index in [1.54, 1.807) is 17.7 Å². The molecule has 1 unspecified atom stereocenters. The second kappa shape index (κ2) is 8.02. The van der Waals surface area contributed by atoms with Crippen molar-refractivity contribution < 1.29 is 14.3 Å². The maximum Gasteiger partial charge on any atom is 0.149 e. The van der Waals surface area contributed by atoms with Gasteiger partial charge in [-0.05, 0) is 31.2 Å². The number of aromatic nitrogens is 2. The van der Waals surface area contributed by atoms with Crippen molar-refractivity contribution in [2.45, 2.75) is 56.9 Å². The topological polar surface area (TPSA) is 76.6 Å². The Morgan fingerprint density at radius 2 is 2.00 bits per heavy atom. The Labute approximate surface area is 168 Å². The second-order valence-electron chi connectivity index (χ2n) is 7.89. The summed E-state index contributed by atoms with van der Waals surface area (Å²) < 4.78 is 11.1. The number of carbonyl (C=O) groups excluding carboxylic acids is 1. The van der Waals surface area contributed by atoms with Crippen molar-refractivity contribution in [2.24, 2.45) is 0 Å². The van der Waals surface area contributed by atoms with E-state index in [0.717, 1.165) is 61.5 Å². The third kappa shape index (κ3) is 3.54. The largest absolute Gasteiger partial charge is 0.379 e. The fraction of sp³-hybridized carbons (Fsp3) is 0.650. The molecule has 0 radical (unpaired) electrons. The molecule has 2 aliphatic heterocycles. The molecule has 2 fully saturated rings. The first-order valence-corrected chi connectivity index (χ1v) is 11.0. The van der Waals surface area contributed by atoms with Crippen molar-refractivity contribution in [2.75, 3.05) is 31.6 Å². The zero-order valence-electron chi connectivity index (χ0n) is 15.9. The second-order valence-corrected chi connectivity index (χ2v) is 8.98. The lowest BCUT2D eigenvalue weighted by Crippen LogP contribution is -2.46. The number of hydrogen-bond donors (Lipinski definition) is 1. The number of hydrogen-bond acceptors (Lipinski definition) is 8. The average Bonchev–Trinajstić information content (AvgIpc) is 3.13. The number of carbonyl (C=O) groups is 1. The Morgan fingerprint density at radius 3 is 2.79 bits per heavy atom. The number of nitrogens with one attached hydrogen (secondary N) is 1. The molecule has 3 aliphatic rings. The lowest BCUT2D eigenvalue weighted by atomic mass is 9.90. The minimum atomic E-state index is -0.359. The Morgan fingerprint density at radius 1 is 1.18 bits per heavy atom. The molecule has 1 N–H and O–H groups in total. The first kappa shape index (κ1) is 18.4. The maximum atomic E-state index is 11.2. The van der Waals surface area contributed by atoms with Crippen molar-refractivity contribution in [1.82, 2.24) is 14.9 Å². The number of rotatable bonds is 4. The summed E-state index contributed by atoms with van der Waals surface area (Å²) in [6, 6.07) is 1.12. The van der Waals surface area contributed by atoms with Crippen LogP contribution in [-0.2, 0) is 27.3 Å². The third-order valence-electron chi connectivity index (χ3n) is 6.26. The summed E-state index contributed by atoms with van der Waals surface area (Å²) in [7, 11) is 0. The molecule has 0 spiro atoms. The van der Waals surface area contributed by atoms with Gasteiger partial charge in [-0.1, -0.05) is 0 Å². The third-order valence-corrected chi connectivity index (χ3v) is 7.37. The van der Waals surface area contributed by atoms with Gasteiger partial charge in [0, 0.05) is 36.5 Å². The lowest BCUT2D eigenvalue weighted by Gasteiger charge is -2.39. The highest BCUT2D eigenvalue weighted by Gasteiger charge is 2.29. The number of anilines is 1. The van der Waals surface area contributed by atoms with Gasteiger partial charge in [0.1, 0.15) is 29.4 Å². The fourth-order valence-electron chi connectivity index (χ4n) is 4.73. The minimum Gasteiger partial charge on any atom is -0.379 e. The number of aldehydes is 1. The van der Waals surface area contributed by atoms with E-state index in [9.17, 15) is 4.79 Å². The minimum absolute atomic E-state index is 0.359. The van der Waals surface area contributed by atoms with Crippen LogP contribution in [0.2, 0.25) is 0 Å². The van der Waals surface area contributed by atoms with Crippen LogP contribution in [0.5, 0.6) is 0 Å². The van der Waals surface area contributed by atoms with Gasteiger partial charge >= 0.3 is 0 Å². The highest BCUT2D eigenvalue weighted by Crippen LogP contribution is 2.38. The van der Waals surface area contributed by atoms with E-state index in [1.807, 2.05) is 0 Å². The van der Waals surface area contributed by atoms with E-state index in [2.05, 4.69) is 20.2 Å². The first-order chi connectivity index (χ1) is 13.8. The number of fused-ring (bicyclic) bond motifs is 3. The van der Waals surface area contributed by atoms with Gasteiger partial charge in [0.2, 0.25) is 0 Å². The van der Waals surface area contributed by atoms with Crippen LogP contribution in [0.15, 0.2) is 6.33 Å². The molecule has 2 aromatic rings. The van der Waals surface area contributed by atoms with Crippen LogP contribution < -0.4 is 5.32 Å². The van der Waals surface area contributed by atoms with Gasteiger partial charge in [-0.3, -0.25) is 4.90 Å². The van der Waals surface area contributed by atoms with Crippen LogP contribution in [0, 0.1) is 0 Å². The van der Waals surface area contributed by atoms with Gasteiger partial charge in [0.15, 0.2) is 0 Å². The molecule has 1 saturated heterocycles. The van der Waals surface area contributed by atoms with Gasteiger partial charge in [-0.15, -0.1) is 11.3 Å². The van der Waals surface area contributed by atoms with Crippen molar-refractivity contribution in [3.63, 3.8) is 0 Å². The Bertz CT molecular complexity index is 843. The molecule has 1 aliphatic carbocycles. The number of ether oxygens (including phenoxy) is 2. The smallest absolute Gasteiger partial charge is 0.149 e. The van der Waals surface area contributed by atoms with Gasteiger partial charge < -0.3 is 19.6 Å². The Kier molecular flexibility index (Phi) is 5.28. The van der Waals surface area contributed by atoms with Crippen LogP contribution in [0.1, 0.15) is 36.1 Å². The first-order valence-electron chi connectivity index (χ1n) is 10.2.